The molecule has 2 aromatic heterocycles. The van der Waals surface area contributed by atoms with E-state index in [1.54, 1.807) is 0 Å². The number of rotatable bonds is 10. The first kappa shape index (κ1) is 18.0. The van der Waals surface area contributed by atoms with Crippen molar-refractivity contribution in [2.24, 2.45) is 0 Å². The highest BCUT2D eigenvalue weighted by Gasteiger charge is 2.23. The number of para-hydroxylation sites is 2. The van der Waals surface area contributed by atoms with Crippen molar-refractivity contribution in [2.75, 3.05) is 0 Å². The standard InChI is InChI=1S/C78H52N2/c1-5-23-53(24-6-1)61-31-13-17-35-65(61)57-41-45-73-69(49-57)70-50-58(66-36-18-14-32-62(66)54-25-7-2-8-26-54)42-46-74(70)79(73)77-39-21-22-40-78(77)80-75-47-43-59(67-37-19-15-33-63(67)55-27-9-3-10-28-55)51-71(75)72-52-60(44-48-76(72)80)68-38-20-16-34-64(68)56-29-11-4-12-30-56/h1-52H/i1D,2D,3D,4D,5D,6D,7D,8D,9D,10D,11D,12D,13D,14D,15D,16D,17D,18D,19D,20D,21D,22D,23D,24D,25D,26D,27D,28D,29D,30D,31D,32D,33D,35D,36D,37D,38D,39D,40D,41D,42D,43D,44D,45D,46D,47D,48D,49D,50D,51D,52D. The van der Waals surface area contributed by atoms with Gasteiger partial charge in [0.2, 0.25) is 0 Å². The van der Waals surface area contributed by atoms with Gasteiger partial charge in [0, 0.05) is 21.5 Å². The van der Waals surface area contributed by atoms with Crippen LogP contribution in [0, 0.1) is 0 Å². The Hall–Kier alpha value is -10.5. The van der Waals surface area contributed by atoms with Gasteiger partial charge < -0.3 is 9.13 Å². The van der Waals surface area contributed by atoms with Gasteiger partial charge in [-0.2, -0.15) is 0 Å². The number of hydrogen-bond acceptors (Lipinski definition) is 0. The molecule has 0 aliphatic rings. The maximum Gasteiger partial charge on any atom is 0.0702 e. The van der Waals surface area contributed by atoms with Gasteiger partial charge in [0.1, 0.15) is 0 Å². The van der Waals surface area contributed by atoms with Gasteiger partial charge in [0.05, 0.1) is 103 Å². The van der Waals surface area contributed by atoms with Crippen LogP contribution in [0.1, 0.15) is 69.9 Å². The van der Waals surface area contributed by atoms with E-state index in [-0.39, 0.29) is 0 Å². The Labute approximate surface area is 537 Å². The third-order valence-electron chi connectivity index (χ3n) is 12.5. The Morgan fingerprint density at radius 1 is 0.188 bits per heavy atom. The molecule has 80 heavy (non-hydrogen) atoms. The highest BCUT2D eigenvalue weighted by Crippen LogP contribution is 2.45. The van der Waals surface area contributed by atoms with E-state index in [1.807, 2.05) is 0 Å². The van der Waals surface area contributed by atoms with E-state index in [0.29, 0.717) is 15.2 Å². The van der Waals surface area contributed by atoms with Gasteiger partial charge in [-0.3, -0.25) is 0 Å². The van der Waals surface area contributed by atoms with Gasteiger partial charge in [0.25, 0.3) is 0 Å². The zero-order chi connectivity index (χ0) is 97.3. The Kier molecular flexibility index (Phi) is 4.46. The van der Waals surface area contributed by atoms with Crippen LogP contribution in [0.5, 0.6) is 0 Å². The van der Waals surface area contributed by atoms with Crippen LogP contribution in [0.15, 0.2) is 314 Å². The number of nitrogens with zero attached hydrogens (tertiary/aromatic N) is 2. The van der Waals surface area contributed by atoms with Crippen molar-refractivity contribution in [3.63, 3.8) is 0 Å². The van der Waals surface area contributed by atoms with Crippen LogP contribution < -0.4 is 0 Å². The van der Waals surface area contributed by atoms with Crippen LogP contribution in [0.3, 0.4) is 0 Å². The van der Waals surface area contributed by atoms with Crippen molar-refractivity contribution in [3.05, 3.63) is 314 Å². The SMILES string of the molecule is [2H]c1cc(-c2c([2H])c([2H])c([2H])c([2H])c2[2H])c(-c2c([2H])c([2H])c3c(c2[2H])c2c([2H])c(-c4c([2H])c([2H])c([2H])c([2H])c4-c4c([2H])c([2H])c([2H])c([2H])c4[2H])c([2H])c([2H])c2n3-c2c([2H])c([2H])c([2H])c([2H])c2-n2c3c([2H])c([2H])c(-c4c([2H])c([2H])c([2H])c([2H])c4-c4c([2H])c([2H])c([2H])c([2H])c4[2H])c([2H])c3c3c([2H])c(-c4c([2H])c([2H])c([2H])c([2H])c4-c4c([2H])c([2H])c([2H])c([2H])c4[2H])c([2H])c([2H])c32)c([2H])c1[2H]. The fraction of sp³-hybridized carbons (Fsp3) is 0. The van der Waals surface area contributed by atoms with Crippen molar-refractivity contribution in [1.29, 1.82) is 0 Å². The van der Waals surface area contributed by atoms with Crippen molar-refractivity contribution >= 4 is 43.6 Å². The minimum atomic E-state index is -1.51. The summed E-state index contributed by atoms with van der Waals surface area (Å²) in [7, 11) is 0. The first-order valence-corrected chi connectivity index (χ1v) is 23.4. The first-order chi connectivity index (χ1) is 60.9. The molecule has 0 saturated carbocycles. The molecular formula is C78H52N2. The average Bonchev–Trinajstić information content (AvgIpc) is 1.51. The maximum absolute atomic E-state index is 10.7. The molecule has 0 atom stereocenters. The predicted octanol–water partition coefficient (Wildman–Crippen LogP) is 21.2. The molecule has 2 heterocycles. The summed E-state index contributed by atoms with van der Waals surface area (Å²) in [6, 6.07) is -62.8. The highest BCUT2D eigenvalue weighted by molar-refractivity contribution is 6.15. The number of hydrogen-bond donors (Lipinski definition) is 0. The second-order valence-electron chi connectivity index (χ2n) is 16.8. The molecule has 0 spiro atoms. The lowest BCUT2D eigenvalue weighted by Crippen LogP contribution is -2.03. The lowest BCUT2D eigenvalue weighted by molar-refractivity contribution is 1.10. The van der Waals surface area contributed by atoms with Crippen LogP contribution in [0.25, 0.3) is 144 Å². The summed E-state index contributed by atoms with van der Waals surface area (Å²) in [6.07, 6.45) is 0. The van der Waals surface area contributed by atoms with Crippen LogP contribution >= 0.6 is 0 Å². The monoisotopic (exact) mass is 1070 g/mol. The molecule has 13 aromatic carbocycles. The topological polar surface area (TPSA) is 9.86 Å². The molecule has 2 heteroatoms. The average molecular weight is 1070 g/mol. The lowest BCUT2D eigenvalue weighted by atomic mass is 9.92. The molecule has 2 nitrogen and oxygen atoms in total. The second-order valence-corrected chi connectivity index (χ2v) is 16.8. The van der Waals surface area contributed by atoms with Gasteiger partial charge >= 0.3 is 0 Å². The number of aromatic nitrogens is 2. The summed E-state index contributed by atoms with van der Waals surface area (Å²) in [6.45, 7) is 0. The van der Waals surface area contributed by atoms with Crippen molar-refractivity contribution < 1.29 is 69.9 Å². The molecule has 0 aliphatic carbocycles. The minimum Gasteiger partial charge on any atom is -0.307 e. The van der Waals surface area contributed by atoms with Crippen LogP contribution in [0.2, 0.25) is 0 Å². The molecule has 374 valence electrons. The molecule has 15 aromatic rings. The van der Waals surface area contributed by atoms with Crippen LogP contribution in [-0.4, -0.2) is 9.13 Å². The summed E-state index contributed by atoms with van der Waals surface area (Å²) < 4.78 is 482. The smallest absolute Gasteiger partial charge is 0.0702 e. The molecule has 0 radical (unpaired) electrons. The summed E-state index contributed by atoms with van der Waals surface area (Å²) in [5.74, 6) is 0. The third-order valence-corrected chi connectivity index (χ3v) is 12.5. The molecule has 15 rings (SSSR count). The normalized spacial score (nSPS) is 20.4. The Morgan fingerprint density at radius 3 is 0.713 bits per heavy atom. The summed E-state index contributed by atoms with van der Waals surface area (Å²) in [5.41, 5.74) is -24.9. The quantitative estimate of drug-likeness (QED) is 0.129. The summed E-state index contributed by atoms with van der Waals surface area (Å²) in [4.78, 5) is 0. The Balaban J connectivity index is 1.24. The van der Waals surface area contributed by atoms with E-state index in [1.165, 1.54) is 0 Å². The molecule has 0 amide bonds. The van der Waals surface area contributed by atoms with Crippen molar-refractivity contribution in [3.8, 4) is 100 Å². The van der Waals surface area contributed by atoms with Gasteiger partial charge in [-0.1, -0.05) is 254 Å². The minimum absolute atomic E-state index is 0.375. The van der Waals surface area contributed by atoms with Gasteiger partial charge in [-0.25, -0.2) is 0 Å². The number of benzene rings is 13. The maximum atomic E-state index is 10.7. The molecule has 0 N–H and O–H groups in total. The molecule has 0 aliphatic heterocycles. The van der Waals surface area contributed by atoms with Crippen LogP contribution in [-0.2, 0) is 0 Å². The van der Waals surface area contributed by atoms with Gasteiger partial charge in [-0.05, 0) is 149 Å². The van der Waals surface area contributed by atoms with E-state index in [0.717, 1.165) is 0 Å². The molecule has 0 bridgehead atoms. The Bertz CT molecular complexity index is 7630. The fourth-order valence-electron chi connectivity index (χ4n) is 9.10. The first-order valence-electron chi connectivity index (χ1n) is 48.9. The summed E-state index contributed by atoms with van der Waals surface area (Å²) in [5, 5.41) is -4.60. The largest absolute Gasteiger partial charge is 0.307 e. The Morgan fingerprint density at radius 2 is 0.412 bits per heavy atom. The fourth-order valence-corrected chi connectivity index (χ4v) is 9.10. The van der Waals surface area contributed by atoms with E-state index in [4.69, 9.17) is 38.4 Å². The molecular weight excluding hydrogens is 965 g/mol. The van der Waals surface area contributed by atoms with Gasteiger partial charge in [0.15, 0.2) is 0 Å². The molecule has 0 saturated heterocycles. The van der Waals surface area contributed by atoms with E-state index in [9.17, 15) is 31.5 Å². The predicted molar refractivity (Wildman–Crippen MR) is 339 cm³/mol. The zero-order valence-corrected chi connectivity index (χ0v) is 40.0. The highest BCUT2D eigenvalue weighted by atomic mass is 15.1. The van der Waals surface area contributed by atoms with Crippen LogP contribution in [0.4, 0.5) is 0 Å². The number of fused-ring (bicyclic) bond motifs is 6. The second kappa shape index (κ2) is 19.8. The zero-order valence-electron chi connectivity index (χ0n) is 91.0. The van der Waals surface area contributed by atoms with E-state index in [2.05, 4.69) is 0 Å². The molecule has 0 unspecified atom stereocenters. The molecule has 0 fully saturated rings. The van der Waals surface area contributed by atoms with Crippen molar-refractivity contribution in [1.82, 2.24) is 9.13 Å². The van der Waals surface area contributed by atoms with E-state index < -0.39 is 452 Å². The third kappa shape index (κ3) is 8.04. The lowest BCUT2D eigenvalue weighted by Gasteiger charge is -2.17. The van der Waals surface area contributed by atoms with E-state index >= 15 is 0 Å². The van der Waals surface area contributed by atoms with Gasteiger partial charge in [-0.15, -0.1) is 0 Å². The van der Waals surface area contributed by atoms with Crippen molar-refractivity contribution in [2.45, 2.75) is 0 Å². The summed E-state index contributed by atoms with van der Waals surface area (Å²) >= 11 is 0.